The van der Waals surface area contributed by atoms with Crippen molar-refractivity contribution in [3.05, 3.63) is 95.6 Å². The number of fused-ring (bicyclic) bond motifs is 3. The summed E-state index contributed by atoms with van der Waals surface area (Å²) in [7, 11) is 1.32. The lowest BCUT2D eigenvalue weighted by Crippen LogP contribution is -2.53. The second-order valence-electron chi connectivity index (χ2n) is 10.1. The Balaban J connectivity index is 1.32. The Kier molecular flexibility index (Phi) is 7.45. The quantitative estimate of drug-likeness (QED) is 0.470. The maximum absolute atomic E-state index is 13.7. The maximum Gasteiger partial charge on any atom is 0.407 e. The van der Waals surface area contributed by atoms with Crippen molar-refractivity contribution in [2.75, 3.05) is 20.3 Å². The van der Waals surface area contributed by atoms with Crippen LogP contribution in [0.5, 0.6) is 0 Å². The van der Waals surface area contributed by atoms with Gasteiger partial charge in [0, 0.05) is 18.9 Å². The van der Waals surface area contributed by atoms with Gasteiger partial charge in [-0.3, -0.25) is 4.79 Å². The number of rotatable bonds is 7. The van der Waals surface area contributed by atoms with Gasteiger partial charge in [-0.05, 0) is 40.2 Å². The molecule has 1 fully saturated rings. The molecule has 1 heterocycles. The third-order valence-electron chi connectivity index (χ3n) is 7.48. The van der Waals surface area contributed by atoms with Crippen molar-refractivity contribution in [2.45, 2.75) is 37.8 Å². The molecule has 0 unspecified atom stereocenters. The molecular weight excluding hydrogens is 480 g/mol. The first-order chi connectivity index (χ1) is 18.5. The number of carbonyl (C=O) groups is 3. The number of likely N-dealkylation sites (tertiary alicyclic amines) is 1. The molecule has 0 radical (unpaired) electrons. The average Bonchev–Trinajstić information content (AvgIpc) is 3.49. The highest BCUT2D eigenvalue weighted by Crippen LogP contribution is 2.44. The average molecular weight is 513 g/mol. The molecule has 7 nitrogen and oxygen atoms in total. The van der Waals surface area contributed by atoms with Crippen LogP contribution in [0.4, 0.5) is 4.79 Å². The van der Waals surface area contributed by atoms with E-state index >= 15 is 0 Å². The Morgan fingerprint density at radius 1 is 0.921 bits per heavy atom. The first-order valence-electron chi connectivity index (χ1n) is 13.0. The SMILES string of the molecule is COC(=O)[C@@H]1C[C@@H](C)CN1C(=O)[C@H](Cc1ccccc1)NC(=O)OCC1c2ccccc2-c2ccccc21. The van der Waals surface area contributed by atoms with E-state index in [1.54, 1.807) is 0 Å². The molecule has 38 heavy (non-hydrogen) atoms. The van der Waals surface area contributed by atoms with Crippen LogP contribution in [-0.2, 0) is 25.5 Å². The Bertz CT molecular complexity index is 1280. The number of ether oxygens (including phenoxy) is 2. The molecule has 3 atom stereocenters. The fourth-order valence-electron chi connectivity index (χ4n) is 5.68. The minimum atomic E-state index is -0.884. The Morgan fingerprint density at radius 3 is 2.16 bits per heavy atom. The van der Waals surface area contributed by atoms with Crippen LogP contribution in [0.15, 0.2) is 78.9 Å². The smallest absolute Gasteiger partial charge is 0.407 e. The summed E-state index contributed by atoms with van der Waals surface area (Å²) in [5.74, 6) is -0.696. The fourth-order valence-corrected chi connectivity index (χ4v) is 5.68. The molecule has 0 saturated carbocycles. The zero-order valence-corrected chi connectivity index (χ0v) is 21.6. The Morgan fingerprint density at radius 2 is 1.53 bits per heavy atom. The van der Waals surface area contributed by atoms with Gasteiger partial charge in [-0.25, -0.2) is 9.59 Å². The lowest BCUT2D eigenvalue weighted by molar-refractivity contribution is -0.151. The molecule has 7 heteroatoms. The highest BCUT2D eigenvalue weighted by atomic mass is 16.5. The predicted molar refractivity (Wildman–Crippen MR) is 143 cm³/mol. The monoisotopic (exact) mass is 512 g/mol. The van der Waals surface area contributed by atoms with Gasteiger partial charge in [0.1, 0.15) is 18.7 Å². The van der Waals surface area contributed by atoms with Crippen LogP contribution in [0, 0.1) is 5.92 Å². The predicted octanol–water partition coefficient (Wildman–Crippen LogP) is 4.55. The number of amides is 2. The summed E-state index contributed by atoms with van der Waals surface area (Å²) in [5.41, 5.74) is 5.42. The molecule has 5 rings (SSSR count). The minimum absolute atomic E-state index is 0.0837. The molecule has 2 amide bonds. The van der Waals surface area contributed by atoms with Gasteiger partial charge in [0.25, 0.3) is 0 Å². The van der Waals surface area contributed by atoms with Crippen molar-refractivity contribution in [3.63, 3.8) is 0 Å². The van der Waals surface area contributed by atoms with E-state index in [4.69, 9.17) is 9.47 Å². The van der Waals surface area contributed by atoms with E-state index < -0.39 is 24.1 Å². The molecule has 0 bridgehead atoms. The van der Waals surface area contributed by atoms with Crippen LogP contribution >= 0.6 is 0 Å². The van der Waals surface area contributed by atoms with Gasteiger partial charge < -0.3 is 19.7 Å². The van der Waals surface area contributed by atoms with Crippen LogP contribution in [0.1, 0.15) is 36.0 Å². The van der Waals surface area contributed by atoms with Crippen molar-refractivity contribution >= 4 is 18.0 Å². The molecule has 0 aromatic heterocycles. The number of esters is 1. The van der Waals surface area contributed by atoms with Crippen LogP contribution < -0.4 is 5.32 Å². The second kappa shape index (κ2) is 11.1. The number of nitrogens with one attached hydrogen (secondary N) is 1. The van der Waals surface area contributed by atoms with Gasteiger partial charge >= 0.3 is 12.1 Å². The van der Waals surface area contributed by atoms with Crippen molar-refractivity contribution in [1.29, 1.82) is 0 Å². The normalized spacial score (nSPS) is 18.8. The number of hydrogen-bond acceptors (Lipinski definition) is 5. The summed E-state index contributed by atoms with van der Waals surface area (Å²) in [4.78, 5) is 40.7. The van der Waals surface area contributed by atoms with Crippen LogP contribution in [0.2, 0.25) is 0 Å². The van der Waals surface area contributed by atoms with E-state index in [-0.39, 0.29) is 30.8 Å². The summed E-state index contributed by atoms with van der Waals surface area (Å²) < 4.78 is 10.7. The van der Waals surface area contributed by atoms with E-state index in [1.165, 1.54) is 12.0 Å². The molecule has 3 aromatic rings. The molecular formula is C31H32N2O5. The molecule has 1 N–H and O–H groups in total. The topological polar surface area (TPSA) is 84.9 Å². The number of hydrogen-bond donors (Lipinski definition) is 1. The largest absolute Gasteiger partial charge is 0.467 e. The lowest BCUT2D eigenvalue weighted by atomic mass is 9.98. The van der Waals surface area contributed by atoms with Crippen LogP contribution in [-0.4, -0.2) is 55.2 Å². The zero-order chi connectivity index (χ0) is 26.6. The minimum Gasteiger partial charge on any atom is -0.467 e. The zero-order valence-electron chi connectivity index (χ0n) is 21.6. The Labute approximate surface area is 222 Å². The molecule has 1 aliphatic heterocycles. The van der Waals surface area contributed by atoms with Crippen LogP contribution in [0.3, 0.4) is 0 Å². The number of alkyl carbamates (subject to hydrolysis) is 1. The third kappa shape index (κ3) is 5.14. The molecule has 2 aliphatic rings. The second-order valence-corrected chi connectivity index (χ2v) is 10.1. The van der Waals surface area contributed by atoms with E-state index in [0.29, 0.717) is 13.0 Å². The van der Waals surface area contributed by atoms with Gasteiger partial charge in [-0.2, -0.15) is 0 Å². The number of methoxy groups -OCH3 is 1. The summed E-state index contributed by atoms with van der Waals surface area (Å²) in [6.45, 7) is 2.57. The van der Waals surface area contributed by atoms with E-state index in [1.807, 2.05) is 61.5 Å². The summed E-state index contributed by atoms with van der Waals surface area (Å²) in [5, 5.41) is 2.80. The molecule has 0 spiro atoms. The molecule has 3 aromatic carbocycles. The first-order valence-corrected chi connectivity index (χ1v) is 13.0. The molecule has 1 saturated heterocycles. The number of nitrogens with zero attached hydrogens (tertiary/aromatic N) is 1. The molecule has 1 aliphatic carbocycles. The van der Waals surface area contributed by atoms with E-state index in [9.17, 15) is 14.4 Å². The fraction of sp³-hybridized carbons (Fsp3) is 0.323. The summed E-state index contributed by atoms with van der Waals surface area (Å²) in [6, 6.07) is 24.2. The van der Waals surface area contributed by atoms with E-state index in [2.05, 4.69) is 29.6 Å². The van der Waals surface area contributed by atoms with Crippen molar-refractivity contribution < 1.29 is 23.9 Å². The van der Waals surface area contributed by atoms with Crippen molar-refractivity contribution in [2.24, 2.45) is 5.92 Å². The van der Waals surface area contributed by atoms with Crippen LogP contribution in [0.25, 0.3) is 11.1 Å². The first kappa shape index (κ1) is 25.5. The van der Waals surface area contributed by atoms with Gasteiger partial charge in [-0.15, -0.1) is 0 Å². The van der Waals surface area contributed by atoms with Gasteiger partial charge in [0.2, 0.25) is 5.91 Å². The number of benzene rings is 3. The summed E-state index contributed by atoms with van der Waals surface area (Å²) >= 11 is 0. The summed E-state index contributed by atoms with van der Waals surface area (Å²) in [6.07, 6.45) is 0.146. The van der Waals surface area contributed by atoms with E-state index in [0.717, 1.165) is 27.8 Å². The molecule has 196 valence electrons. The van der Waals surface area contributed by atoms with Gasteiger partial charge in [-0.1, -0.05) is 85.8 Å². The Hall–Kier alpha value is -4.13. The van der Waals surface area contributed by atoms with Gasteiger partial charge in [0.05, 0.1) is 7.11 Å². The third-order valence-corrected chi connectivity index (χ3v) is 7.48. The lowest BCUT2D eigenvalue weighted by Gasteiger charge is -2.28. The maximum atomic E-state index is 13.7. The van der Waals surface area contributed by atoms with Crippen molar-refractivity contribution in [1.82, 2.24) is 10.2 Å². The number of carbonyl (C=O) groups excluding carboxylic acids is 3. The van der Waals surface area contributed by atoms with Gasteiger partial charge in [0.15, 0.2) is 0 Å². The highest BCUT2D eigenvalue weighted by Gasteiger charge is 2.41. The highest BCUT2D eigenvalue weighted by molar-refractivity contribution is 5.90. The van der Waals surface area contributed by atoms with Crippen molar-refractivity contribution in [3.8, 4) is 11.1 Å². The standard InChI is InChI=1S/C31H32N2O5/c1-20-16-28(30(35)37-2)33(18-20)29(34)27(17-21-10-4-3-5-11-21)32-31(36)38-19-26-24-14-8-6-12-22(24)23-13-7-9-15-25(23)26/h3-15,20,26-28H,16-19H2,1-2H3,(H,32,36)/t20-,27+,28+/m1/s1.